The summed E-state index contributed by atoms with van der Waals surface area (Å²) in [5.74, 6) is 0.224. The van der Waals surface area contributed by atoms with E-state index < -0.39 is 6.04 Å². The van der Waals surface area contributed by atoms with E-state index in [-0.39, 0.29) is 11.4 Å². The van der Waals surface area contributed by atoms with Crippen LogP contribution in [0.4, 0.5) is 4.39 Å². The molecule has 0 bridgehead atoms. The Morgan fingerprint density at radius 2 is 1.74 bits per heavy atom. The number of aromatic amines is 1. The number of pyridine rings is 1. The molecule has 0 amide bonds. The van der Waals surface area contributed by atoms with E-state index in [0.29, 0.717) is 37.6 Å². The average molecular weight is 513 g/mol. The number of halogens is 1. The summed E-state index contributed by atoms with van der Waals surface area (Å²) in [4.78, 5) is 18.8. The molecular weight excluding hydrogens is 483 g/mol. The van der Waals surface area contributed by atoms with E-state index in [2.05, 4.69) is 25.4 Å². The van der Waals surface area contributed by atoms with Gasteiger partial charge in [0, 0.05) is 31.3 Å². The molecule has 5 rings (SSSR count). The fraction of sp³-hybridized carbons (Fsp3) is 0.241. The van der Waals surface area contributed by atoms with Crippen LogP contribution in [0.15, 0.2) is 83.7 Å². The molecule has 3 aromatic carbocycles. The quantitative estimate of drug-likeness (QED) is 0.298. The molecule has 0 aliphatic carbocycles. The molecule has 38 heavy (non-hydrogen) atoms. The van der Waals surface area contributed by atoms with Gasteiger partial charge < -0.3 is 9.72 Å². The Labute approximate surface area is 219 Å². The molecule has 194 valence electrons. The average Bonchev–Trinajstić information content (AvgIpc) is 3.38. The number of benzene rings is 3. The van der Waals surface area contributed by atoms with Crippen LogP contribution >= 0.6 is 0 Å². The highest BCUT2D eigenvalue weighted by Gasteiger charge is 2.31. The van der Waals surface area contributed by atoms with E-state index in [1.165, 1.54) is 12.1 Å². The summed E-state index contributed by atoms with van der Waals surface area (Å²) >= 11 is 0. The van der Waals surface area contributed by atoms with Crippen LogP contribution in [0.2, 0.25) is 0 Å². The summed E-state index contributed by atoms with van der Waals surface area (Å²) in [6.07, 6.45) is 0. The molecule has 0 saturated carbocycles. The minimum Gasteiger partial charge on any atom is -0.383 e. The minimum atomic E-state index is -0.597. The van der Waals surface area contributed by atoms with Gasteiger partial charge >= 0.3 is 0 Å². The second-order valence-corrected chi connectivity index (χ2v) is 9.32. The van der Waals surface area contributed by atoms with Crippen molar-refractivity contribution in [2.45, 2.75) is 32.6 Å². The van der Waals surface area contributed by atoms with E-state index in [0.717, 1.165) is 27.6 Å². The normalized spacial score (nSPS) is 12.3. The zero-order valence-electron chi connectivity index (χ0n) is 21.3. The molecule has 2 heterocycles. The van der Waals surface area contributed by atoms with Crippen LogP contribution in [0, 0.1) is 12.7 Å². The summed E-state index contributed by atoms with van der Waals surface area (Å²) in [5, 5.41) is 13.5. The van der Waals surface area contributed by atoms with E-state index in [9.17, 15) is 9.18 Å². The lowest BCUT2D eigenvalue weighted by atomic mass is 10.0. The maximum atomic E-state index is 13.7. The third-order valence-corrected chi connectivity index (χ3v) is 6.53. The first-order valence-electron chi connectivity index (χ1n) is 12.4. The van der Waals surface area contributed by atoms with Crippen molar-refractivity contribution in [3.8, 4) is 0 Å². The number of aryl methyl sites for hydroxylation is 1. The molecule has 0 aliphatic heterocycles. The van der Waals surface area contributed by atoms with Crippen molar-refractivity contribution in [1.82, 2.24) is 30.1 Å². The molecule has 5 aromatic rings. The number of nitrogens with one attached hydrogen (secondary N) is 1. The van der Waals surface area contributed by atoms with Crippen molar-refractivity contribution < 1.29 is 9.13 Å². The molecule has 8 nitrogen and oxygen atoms in total. The van der Waals surface area contributed by atoms with Gasteiger partial charge in [-0.1, -0.05) is 54.1 Å². The van der Waals surface area contributed by atoms with Crippen molar-refractivity contribution in [3.63, 3.8) is 0 Å². The zero-order chi connectivity index (χ0) is 26.5. The number of nitrogens with zero attached hydrogens (tertiary/aromatic N) is 5. The molecular formula is C29H29FN6O2. The number of tetrazole rings is 1. The van der Waals surface area contributed by atoms with Gasteiger partial charge in [-0.25, -0.2) is 9.07 Å². The highest BCUT2D eigenvalue weighted by atomic mass is 19.1. The van der Waals surface area contributed by atoms with E-state index in [1.54, 1.807) is 23.9 Å². The van der Waals surface area contributed by atoms with Crippen molar-refractivity contribution in [3.05, 3.63) is 123 Å². The predicted molar refractivity (Wildman–Crippen MR) is 143 cm³/mol. The molecule has 2 aromatic heterocycles. The van der Waals surface area contributed by atoms with Crippen LogP contribution in [0.3, 0.4) is 0 Å². The molecule has 1 atom stereocenters. The largest absolute Gasteiger partial charge is 0.383 e. The number of aromatic nitrogens is 5. The molecule has 0 saturated heterocycles. The lowest BCUT2D eigenvalue weighted by Crippen LogP contribution is -2.35. The molecule has 0 aliphatic rings. The van der Waals surface area contributed by atoms with Gasteiger partial charge in [0.15, 0.2) is 5.82 Å². The van der Waals surface area contributed by atoms with Crippen LogP contribution in [-0.2, 0) is 24.4 Å². The predicted octanol–water partition coefficient (Wildman–Crippen LogP) is 4.40. The Hall–Kier alpha value is -4.21. The van der Waals surface area contributed by atoms with Gasteiger partial charge in [0.2, 0.25) is 0 Å². The second kappa shape index (κ2) is 11.5. The number of fused-ring (bicyclic) bond motifs is 1. The maximum Gasteiger partial charge on any atom is 0.253 e. The van der Waals surface area contributed by atoms with Crippen LogP contribution in [0.25, 0.3) is 10.9 Å². The van der Waals surface area contributed by atoms with Gasteiger partial charge in [-0.05, 0) is 64.2 Å². The van der Waals surface area contributed by atoms with Crippen molar-refractivity contribution in [1.29, 1.82) is 0 Å². The van der Waals surface area contributed by atoms with Gasteiger partial charge in [-0.15, -0.1) is 5.10 Å². The second-order valence-electron chi connectivity index (χ2n) is 9.32. The molecule has 0 unspecified atom stereocenters. The molecule has 0 radical (unpaired) electrons. The smallest absolute Gasteiger partial charge is 0.253 e. The number of rotatable bonds is 10. The fourth-order valence-corrected chi connectivity index (χ4v) is 4.67. The zero-order valence-corrected chi connectivity index (χ0v) is 21.3. The van der Waals surface area contributed by atoms with Gasteiger partial charge in [0.25, 0.3) is 5.56 Å². The first-order chi connectivity index (χ1) is 18.5. The molecule has 1 N–H and O–H groups in total. The third kappa shape index (κ3) is 5.69. The van der Waals surface area contributed by atoms with Gasteiger partial charge in [-0.2, -0.15) is 0 Å². The van der Waals surface area contributed by atoms with Gasteiger partial charge in [0.1, 0.15) is 11.9 Å². The summed E-state index contributed by atoms with van der Waals surface area (Å²) < 4.78 is 20.7. The van der Waals surface area contributed by atoms with Crippen LogP contribution < -0.4 is 5.56 Å². The molecule has 0 spiro atoms. The number of H-pyrrole nitrogens is 1. The first kappa shape index (κ1) is 25.4. The summed E-state index contributed by atoms with van der Waals surface area (Å²) in [7, 11) is 1.62. The van der Waals surface area contributed by atoms with Crippen molar-refractivity contribution in [2.75, 3.05) is 13.7 Å². The Morgan fingerprint density at radius 1 is 1.00 bits per heavy atom. The number of ether oxygens (including phenoxy) is 1. The minimum absolute atomic E-state index is 0.218. The van der Waals surface area contributed by atoms with Crippen LogP contribution in [0.5, 0.6) is 0 Å². The Balaban J connectivity index is 1.69. The van der Waals surface area contributed by atoms with Crippen LogP contribution in [0.1, 0.15) is 34.1 Å². The maximum absolute atomic E-state index is 13.7. The topological polar surface area (TPSA) is 88.9 Å². The van der Waals surface area contributed by atoms with Crippen molar-refractivity contribution >= 4 is 10.9 Å². The summed E-state index contributed by atoms with van der Waals surface area (Å²) in [6.45, 7) is 3.79. The molecule has 9 heteroatoms. The number of hydrogen-bond acceptors (Lipinski definition) is 6. The summed E-state index contributed by atoms with van der Waals surface area (Å²) in [6, 6.07) is 23.6. The van der Waals surface area contributed by atoms with Crippen molar-refractivity contribution in [2.24, 2.45) is 0 Å². The SMILES string of the molecule is COCCn1nnnc1[C@@H](c1cc2cc(C)ccc2[nH]c1=O)N(Cc1ccccc1)Cc1ccc(F)cc1. The van der Waals surface area contributed by atoms with Crippen LogP contribution in [-0.4, -0.2) is 43.8 Å². The third-order valence-electron chi connectivity index (χ3n) is 6.53. The fourth-order valence-electron chi connectivity index (χ4n) is 4.67. The molecule has 0 fully saturated rings. The lowest BCUT2D eigenvalue weighted by molar-refractivity contribution is 0.169. The van der Waals surface area contributed by atoms with Gasteiger partial charge in [-0.3, -0.25) is 9.69 Å². The van der Waals surface area contributed by atoms with Gasteiger partial charge in [0.05, 0.1) is 13.2 Å². The monoisotopic (exact) mass is 512 g/mol. The first-order valence-corrected chi connectivity index (χ1v) is 12.4. The standard InChI is InChI=1S/C29H29FN6O2/c1-20-8-13-26-23(16-20)17-25(29(37)31-26)27(28-32-33-34-36(28)14-15-38-2)35(18-21-6-4-3-5-7-21)19-22-9-11-24(30)12-10-22/h3-13,16-17,27H,14-15,18-19H2,1-2H3,(H,31,37)/t27-/m1/s1. The highest BCUT2D eigenvalue weighted by molar-refractivity contribution is 5.79. The lowest BCUT2D eigenvalue weighted by Gasteiger charge is -2.31. The highest BCUT2D eigenvalue weighted by Crippen LogP contribution is 2.30. The number of hydrogen-bond donors (Lipinski definition) is 1. The van der Waals surface area contributed by atoms with E-state index in [1.807, 2.05) is 61.5 Å². The Morgan fingerprint density at radius 3 is 2.47 bits per heavy atom. The summed E-state index contributed by atoms with van der Waals surface area (Å²) in [5.41, 5.74) is 4.11. The number of methoxy groups -OCH3 is 1. The van der Waals surface area contributed by atoms with E-state index in [4.69, 9.17) is 4.74 Å². The van der Waals surface area contributed by atoms with E-state index >= 15 is 0 Å². The Kier molecular flexibility index (Phi) is 7.67. The Bertz CT molecular complexity index is 1570.